The largest absolute Gasteiger partial charge is 0.342 e. The number of aromatic nitrogens is 5. The second-order valence-corrected chi connectivity index (χ2v) is 16.0. The second kappa shape index (κ2) is 12.8. The highest BCUT2D eigenvalue weighted by Crippen LogP contribution is 2.32. The number of aromatic amines is 1. The average Bonchev–Trinajstić information content (AvgIpc) is 3.45. The fourth-order valence-electron chi connectivity index (χ4n) is 6.43. The zero-order valence-corrected chi connectivity index (χ0v) is 29.4. The number of carbonyl (C=O) groups is 1. The fourth-order valence-corrected chi connectivity index (χ4v) is 7.42. The molecule has 1 aliphatic rings. The van der Waals surface area contributed by atoms with E-state index < -0.39 is 10.0 Å². The molecule has 0 unspecified atom stereocenters. The van der Waals surface area contributed by atoms with E-state index in [-0.39, 0.29) is 46.2 Å². The summed E-state index contributed by atoms with van der Waals surface area (Å²) < 4.78 is 30.0. The molecule has 6 rings (SSSR count). The molecule has 0 aliphatic carbocycles. The number of hydrogen-bond acceptors (Lipinski definition) is 7. The van der Waals surface area contributed by atoms with E-state index in [0.717, 1.165) is 27.9 Å². The Hall–Kier alpha value is -4.64. The Kier molecular flexibility index (Phi) is 8.84. The molecule has 48 heavy (non-hydrogen) atoms. The van der Waals surface area contributed by atoms with Crippen molar-refractivity contribution in [1.29, 1.82) is 0 Å². The lowest BCUT2D eigenvalue weighted by molar-refractivity contribution is 0.0592. The Labute approximate surface area is 282 Å². The minimum atomic E-state index is -4.12. The van der Waals surface area contributed by atoms with Gasteiger partial charge in [-0.05, 0) is 85.9 Å². The van der Waals surface area contributed by atoms with Gasteiger partial charge in [-0.25, -0.2) is 28.1 Å². The Bertz CT molecular complexity index is 2100. The van der Waals surface area contributed by atoms with Gasteiger partial charge in [0.15, 0.2) is 5.65 Å². The van der Waals surface area contributed by atoms with Crippen LogP contribution in [-0.2, 0) is 23.0 Å². The number of nitrogens with zero attached hydrogens (tertiary/aromatic N) is 5. The summed E-state index contributed by atoms with van der Waals surface area (Å²) in [4.78, 5) is 38.6. The first-order valence-corrected chi connectivity index (χ1v) is 17.9. The maximum absolute atomic E-state index is 14.5. The van der Waals surface area contributed by atoms with Crippen LogP contribution in [0.15, 0.2) is 65.7 Å². The lowest BCUT2D eigenvalue weighted by atomic mass is 9.85. The number of amides is 1. The highest BCUT2D eigenvalue weighted by atomic mass is 32.2. The average molecular weight is 666 g/mol. The summed E-state index contributed by atoms with van der Waals surface area (Å²) in [6.07, 6.45) is 3.51. The van der Waals surface area contributed by atoms with E-state index in [2.05, 4.69) is 54.3 Å². The molecule has 5 aromatic rings. The van der Waals surface area contributed by atoms with E-state index in [1.54, 1.807) is 18.3 Å². The molecule has 4 bridgehead atoms. The first kappa shape index (κ1) is 33.3. The van der Waals surface area contributed by atoms with E-state index in [9.17, 15) is 13.2 Å². The van der Waals surface area contributed by atoms with Gasteiger partial charge in [0.1, 0.15) is 5.52 Å². The van der Waals surface area contributed by atoms with Crippen LogP contribution in [0.2, 0.25) is 0 Å². The van der Waals surface area contributed by atoms with Crippen molar-refractivity contribution in [3.05, 3.63) is 94.6 Å². The topological polar surface area (TPSA) is 134 Å². The molecule has 0 fully saturated rings. The van der Waals surface area contributed by atoms with Crippen LogP contribution in [0.25, 0.3) is 22.4 Å². The molecular formula is C37H43N7O3S. The summed E-state index contributed by atoms with van der Waals surface area (Å²) in [6.45, 7) is 14.9. The normalized spacial score (nSPS) is 16.7. The number of carbonyl (C=O) groups excluding carboxylic acids is 1. The molecule has 1 atom stereocenters. The molecule has 10 nitrogen and oxygen atoms in total. The van der Waals surface area contributed by atoms with E-state index in [0.29, 0.717) is 42.0 Å². The molecule has 1 aliphatic heterocycles. The third-order valence-electron chi connectivity index (χ3n) is 8.78. The molecule has 2 N–H and O–H groups in total. The number of rotatable bonds is 5. The number of aryl methyl sites for hydroxylation is 3. The quantitative estimate of drug-likeness (QED) is 0.201. The Morgan fingerprint density at radius 1 is 0.979 bits per heavy atom. The van der Waals surface area contributed by atoms with Gasteiger partial charge in [-0.3, -0.25) is 9.78 Å². The number of benzene rings is 2. The maximum Gasteiger partial charge on any atom is 0.264 e. The Morgan fingerprint density at radius 2 is 1.71 bits per heavy atom. The fraction of sp³-hybridized carbons (Fsp3) is 0.378. The smallest absolute Gasteiger partial charge is 0.264 e. The Morgan fingerprint density at radius 3 is 2.42 bits per heavy atom. The summed E-state index contributed by atoms with van der Waals surface area (Å²) in [5.74, 6) is 0.0170. The highest BCUT2D eigenvalue weighted by Gasteiger charge is 2.31. The lowest BCUT2D eigenvalue weighted by Gasteiger charge is -2.36. The third kappa shape index (κ3) is 7.11. The molecule has 0 saturated heterocycles. The van der Waals surface area contributed by atoms with Gasteiger partial charge in [-0.15, -0.1) is 0 Å². The summed E-state index contributed by atoms with van der Waals surface area (Å²) in [7, 11) is -4.12. The lowest BCUT2D eigenvalue weighted by Crippen LogP contribution is -2.42. The van der Waals surface area contributed by atoms with E-state index in [1.807, 2.05) is 49.1 Å². The first-order chi connectivity index (χ1) is 22.7. The van der Waals surface area contributed by atoms with Crippen molar-refractivity contribution < 1.29 is 13.2 Å². The molecule has 0 radical (unpaired) electrons. The molecule has 1 amide bonds. The molecule has 250 valence electrons. The number of hydrogen-bond donors (Lipinski definition) is 2. The van der Waals surface area contributed by atoms with Crippen molar-refractivity contribution in [1.82, 2.24) is 29.8 Å². The van der Waals surface area contributed by atoms with E-state index in [4.69, 9.17) is 9.97 Å². The van der Waals surface area contributed by atoms with Gasteiger partial charge in [0.05, 0.1) is 29.0 Å². The van der Waals surface area contributed by atoms with Crippen LogP contribution in [0.1, 0.15) is 91.9 Å². The van der Waals surface area contributed by atoms with Crippen LogP contribution in [0, 0.1) is 19.3 Å². The summed E-state index contributed by atoms with van der Waals surface area (Å²) in [5.41, 5.74) is 7.62. The van der Waals surface area contributed by atoms with Crippen molar-refractivity contribution in [3.63, 3.8) is 0 Å². The van der Waals surface area contributed by atoms with Gasteiger partial charge in [-0.1, -0.05) is 58.9 Å². The number of sulfonamides is 1. The molecule has 2 aromatic carbocycles. The Balaban J connectivity index is 1.49. The predicted molar refractivity (Wildman–Crippen MR) is 188 cm³/mol. The van der Waals surface area contributed by atoms with Gasteiger partial charge in [0.2, 0.25) is 5.95 Å². The van der Waals surface area contributed by atoms with Crippen LogP contribution < -0.4 is 4.72 Å². The zero-order valence-electron chi connectivity index (χ0n) is 28.6. The summed E-state index contributed by atoms with van der Waals surface area (Å²) >= 11 is 0. The van der Waals surface area contributed by atoms with Crippen molar-refractivity contribution in [3.8, 4) is 11.3 Å². The van der Waals surface area contributed by atoms with Crippen molar-refractivity contribution in [2.45, 2.75) is 91.1 Å². The minimum Gasteiger partial charge on any atom is -0.342 e. The van der Waals surface area contributed by atoms with Crippen LogP contribution >= 0.6 is 0 Å². The zero-order chi connectivity index (χ0) is 34.4. The molecule has 11 heteroatoms. The van der Waals surface area contributed by atoms with Gasteiger partial charge in [0.25, 0.3) is 15.9 Å². The minimum absolute atomic E-state index is 0.000601. The van der Waals surface area contributed by atoms with Gasteiger partial charge < -0.3 is 9.88 Å². The van der Waals surface area contributed by atoms with E-state index >= 15 is 0 Å². The second-order valence-electron chi connectivity index (χ2n) is 14.3. The van der Waals surface area contributed by atoms with Crippen LogP contribution in [0.3, 0.4) is 0 Å². The monoisotopic (exact) mass is 665 g/mol. The van der Waals surface area contributed by atoms with Gasteiger partial charge >= 0.3 is 0 Å². The number of anilines is 1. The van der Waals surface area contributed by atoms with E-state index in [1.165, 1.54) is 12.1 Å². The maximum atomic E-state index is 14.5. The number of H-pyrrole nitrogens is 1. The standard InChI is InChI=1S/C37H43N7O3S/c1-22(2)30-18-32-34(41-30)39-27(20-38-32)21-44-28(19-37(5,6)7)15-14-26-17-31(33-23(3)10-8-11-24(33)4)42-36(40-26)43-48(46,47)29-13-9-12-25(16-29)35(44)45/h8-13,16-18,20,22,28H,14-15,19,21H2,1-7H3,(H,39,41)(H,40,42,43)/t28-/m0/s1. The number of nitrogens with one attached hydrogen (secondary N) is 2. The summed E-state index contributed by atoms with van der Waals surface area (Å²) in [5, 5.41) is 0. The summed E-state index contributed by atoms with van der Waals surface area (Å²) in [6, 6.07) is 15.9. The molecule has 3 aromatic heterocycles. The van der Waals surface area contributed by atoms with Crippen LogP contribution in [0.4, 0.5) is 5.95 Å². The highest BCUT2D eigenvalue weighted by molar-refractivity contribution is 7.92. The van der Waals surface area contributed by atoms with Crippen molar-refractivity contribution in [2.24, 2.45) is 5.41 Å². The van der Waals surface area contributed by atoms with Crippen molar-refractivity contribution in [2.75, 3.05) is 4.72 Å². The van der Waals surface area contributed by atoms with Crippen molar-refractivity contribution >= 4 is 33.0 Å². The van der Waals surface area contributed by atoms with Crippen LogP contribution in [-0.4, -0.2) is 50.2 Å². The molecule has 0 spiro atoms. The molecule has 4 heterocycles. The predicted octanol–water partition coefficient (Wildman–Crippen LogP) is 7.35. The third-order valence-corrected chi connectivity index (χ3v) is 10.1. The number of fused-ring (bicyclic) bond motifs is 5. The first-order valence-electron chi connectivity index (χ1n) is 16.4. The molecular weight excluding hydrogens is 623 g/mol. The molecule has 0 saturated carbocycles. The van der Waals surface area contributed by atoms with Crippen LogP contribution in [0.5, 0.6) is 0 Å². The van der Waals surface area contributed by atoms with Gasteiger partial charge in [-0.2, -0.15) is 0 Å². The van der Waals surface area contributed by atoms with Gasteiger partial charge in [0, 0.05) is 28.6 Å². The SMILES string of the molecule is Cc1cccc(C)c1-c1cc2nc(n1)NS(=O)(=O)c1cccc(c1)C(=O)N(Cc1cnc3cc(C(C)C)[nH]c3n1)[C@H](CC(C)(C)C)CC2.